The van der Waals surface area contributed by atoms with Gasteiger partial charge in [0.15, 0.2) is 11.5 Å². The fourth-order valence-corrected chi connectivity index (χ4v) is 3.42. The number of rotatable bonds is 7. The Labute approximate surface area is 168 Å². The van der Waals surface area contributed by atoms with Crippen LogP contribution in [0.5, 0.6) is 11.5 Å². The number of fused-ring (bicyclic) bond motifs is 1. The lowest BCUT2D eigenvalue weighted by Gasteiger charge is -2.23. The monoisotopic (exact) mass is 398 g/mol. The molecule has 8 heteroatoms. The summed E-state index contributed by atoms with van der Waals surface area (Å²) in [5.41, 5.74) is 0.311. The predicted molar refractivity (Wildman–Crippen MR) is 102 cm³/mol. The third-order valence-electron chi connectivity index (χ3n) is 5.04. The maximum atomic E-state index is 13.0. The fraction of sp³-hybridized carbons (Fsp3) is 0.333. The van der Waals surface area contributed by atoms with Crippen molar-refractivity contribution in [2.75, 3.05) is 19.9 Å². The Morgan fingerprint density at radius 3 is 2.72 bits per heavy atom. The second-order valence-corrected chi connectivity index (χ2v) is 7.19. The molecule has 3 amide bonds. The molecule has 0 spiro atoms. The van der Waals surface area contributed by atoms with Gasteiger partial charge in [-0.2, -0.15) is 0 Å². The Kier molecular flexibility index (Phi) is 5.12. The van der Waals surface area contributed by atoms with Crippen LogP contribution in [-0.2, 0) is 21.7 Å². The molecule has 152 valence electrons. The summed E-state index contributed by atoms with van der Waals surface area (Å²) >= 11 is 0. The van der Waals surface area contributed by atoms with Crippen molar-refractivity contribution in [3.05, 3.63) is 59.7 Å². The Morgan fingerprint density at radius 1 is 1.17 bits per heavy atom. The van der Waals surface area contributed by atoms with E-state index in [1.807, 2.05) is 30.3 Å². The molecule has 0 unspecified atom stereocenters. The Morgan fingerprint density at radius 2 is 1.93 bits per heavy atom. The Bertz CT molecular complexity index is 919. The number of imide groups is 1. The van der Waals surface area contributed by atoms with Crippen LogP contribution in [0.1, 0.15) is 18.1 Å². The van der Waals surface area contributed by atoms with Gasteiger partial charge < -0.3 is 24.6 Å². The maximum Gasteiger partial charge on any atom is 0.325 e. The topological polar surface area (TPSA) is 97.3 Å². The van der Waals surface area contributed by atoms with Crippen molar-refractivity contribution in [1.29, 1.82) is 0 Å². The second-order valence-electron chi connectivity index (χ2n) is 7.19. The zero-order chi connectivity index (χ0) is 20.4. The smallest absolute Gasteiger partial charge is 0.325 e. The van der Waals surface area contributed by atoms with E-state index in [2.05, 4.69) is 5.32 Å². The van der Waals surface area contributed by atoms with E-state index in [0.29, 0.717) is 23.7 Å². The molecule has 0 radical (unpaired) electrons. The summed E-state index contributed by atoms with van der Waals surface area (Å²) in [6, 6.07) is 14.1. The van der Waals surface area contributed by atoms with E-state index in [1.165, 1.54) is 0 Å². The predicted octanol–water partition coefficient (Wildman–Crippen LogP) is 1.76. The van der Waals surface area contributed by atoms with Gasteiger partial charge in [0.1, 0.15) is 5.54 Å². The van der Waals surface area contributed by atoms with Gasteiger partial charge in [-0.1, -0.05) is 36.4 Å². The number of carbonyl (C=O) groups excluding carboxylic acids is 2. The molecule has 0 saturated carbocycles. The van der Waals surface area contributed by atoms with Crippen LogP contribution in [0.15, 0.2) is 48.5 Å². The molecule has 0 bridgehead atoms. The van der Waals surface area contributed by atoms with E-state index in [1.54, 1.807) is 25.1 Å². The number of nitrogens with one attached hydrogen (secondary N) is 1. The summed E-state index contributed by atoms with van der Waals surface area (Å²) in [6.45, 7) is 1.94. The van der Waals surface area contributed by atoms with Crippen molar-refractivity contribution in [2.24, 2.45) is 0 Å². The Hall–Kier alpha value is -3.10. The van der Waals surface area contributed by atoms with Crippen molar-refractivity contribution < 1.29 is 28.9 Å². The van der Waals surface area contributed by atoms with Crippen molar-refractivity contribution in [1.82, 2.24) is 10.2 Å². The molecule has 2 aliphatic rings. The zero-order valence-electron chi connectivity index (χ0n) is 16.0. The minimum atomic E-state index is -1.25. The van der Waals surface area contributed by atoms with E-state index < -0.39 is 23.6 Å². The number of β-amino-alcohol motifs (C(OH)–C–C–N with tert-alkyl or cyclic N) is 1. The molecule has 2 aromatic carbocycles. The molecule has 2 aliphatic heterocycles. The summed E-state index contributed by atoms with van der Waals surface area (Å²) in [4.78, 5) is 26.4. The van der Waals surface area contributed by atoms with Gasteiger partial charge in [0.25, 0.3) is 5.91 Å². The molecule has 0 aromatic heterocycles. The largest absolute Gasteiger partial charge is 0.454 e. The van der Waals surface area contributed by atoms with Crippen LogP contribution < -0.4 is 14.8 Å². The number of aliphatic hydroxyl groups excluding tert-OH is 1. The van der Waals surface area contributed by atoms with Crippen LogP contribution in [0, 0.1) is 0 Å². The summed E-state index contributed by atoms with van der Waals surface area (Å²) in [6.07, 6.45) is -0.993. The van der Waals surface area contributed by atoms with Crippen molar-refractivity contribution in [3.63, 3.8) is 0 Å². The molecule has 8 nitrogen and oxygen atoms in total. The Balaban J connectivity index is 1.38. The average molecular weight is 398 g/mol. The molecule has 29 heavy (non-hydrogen) atoms. The quantitative estimate of drug-likeness (QED) is 0.690. The lowest BCUT2D eigenvalue weighted by atomic mass is 9.91. The molecule has 2 heterocycles. The molecular formula is C21H22N2O6. The first-order chi connectivity index (χ1) is 14.0. The number of amides is 3. The highest BCUT2D eigenvalue weighted by Gasteiger charge is 2.49. The van der Waals surface area contributed by atoms with Gasteiger partial charge in [0, 0.05) is 0 Å². The lowest BCUT2D eigenvalue weighted by Crippen LogP contribution is -2.42. The van der Waals surface area contributed by atoms with Gasteiger partial charge in [-0.3, -0.25) is 9.69 Å². The number of benzene rings is 2. The SMILES string of the molecule is C[C@@]1(c2ccc3c(c2)OCO3)NC(=O)N(C[C@H](O)COCc2ccccc2)C1=O. The lowest BCUT2D eigenvalue weighted by molar-refractivity contribution is -0.132. The fourth-order valence-electron chi connectivity index (χ4n) is 3.42. The molecule has 4 rings (SSSR count). The summed E-state index contributed by atoms with van der Waals surface area (Å²) in [5, 5.41) is 13.0. The highest BCUT2D eigenvalue weighted by Crippen LogP contribution is 2.37. The highest BCUT2D eigenvalue weighted by molar-refractivity contribution is 6.07. The van der Waals surface area contributed by atoms with Crippen LogP contribution in [0.2, 0.25) is 0 Å². The van der Waals surface area contributed by atoms with E-state index in [0.717, 1.165) is 10.5 Å². The molecule has 2 N–H and O–H groups in total. The summed E-state index contributed by atoms with van der Waals surface area (Å²) < 4.78 is 16.1. The number of carbonyl (C=O) groups is 2. The van der Waals surface area contributed by atoms with Crippen LogP contribution in [0.25, 0.3) is 0 Å². The second kappa shape index (κ2) is 7.73. The molecule has 2 aromatic rings. The number of urea groups is 1. The van der Waals surface area contributed by atoms with E-state index in [-0.39, 0.29) is 19.9 Å². The number of nitrogens with zero attached hydrogens (tertiary/aromatic N) is 1. The minimum absolute atomic E-state index is 0.00664. The summed E-state index contributed by atoms with van der Waals surface area (Å²) in [5.74, 6) is 0.680. The van der Waals surface area contributed by atoms with Gasteiger partial charge >= 0.3 is 6.03 Å². The molecule has 0 aliphatic carbocycles. The first-order valence-corrected chi connectivity index (χ1v) is 9.31. The standard InChI is InChI=1S/C21H22N2O6/c1-21(15-7-8-17-18(9-15)29-13-28-17)19(25)23(20(26)22-21)10-16(24)12-27-11-14-5-3-2-4-6-14/h2-9,16,24H,10-13H2,1H3,(H,22,26)/t16-,21-/m0/s1. The van der Waals surface area contributed by atoms with E-state index in [4.69, 9.17) is 14.2 Å². The van der Waals surface area contributed by atoms with Crippen LogP contribution in [-0.4, -0.2) is 48.0 Å². The van der Waals surface area contributed by atoms with Gasteiger partial charge in [0.2, 0.25) is 6.79 Å². The van der Waals surface area contributed by atoms with Crippen LogP contribution in [0.3, 0.4) is 0 Å². The minimum Gasteiger partial charge on any atom is -0.454 e. The van der Waals surface area contributed by atoms with Gasteiger partial charge in [-0.15, -0.1) is 0 Å². The summed E-state index contributed by atoms with van der Waals surface area (Å²) in [7, 11) is 0. The molecular weight excluding hydrogens is 376 g/mol. The third kappa shape index (κ3) is 3.76. The highest BCUT2D eigenvalue weighted by atomic mass is 16.7. The van der Waals surface area contributed by atoms with Crippen LogP contribution >= 0.6 is 0 Å². The van der Waals surface area contributed by atoms with E-state index in [9.17, 15) is 14.7 Å². The first kappa shape index (κ1) is 19.2. The van der Waals surface area contributed by atoms with Gasteiger partial charge in [-0.05, 0) is 30.2 Å². The van der Waals surface area contributed by atoms with Crippen molar-refractivity contribution >= 4 is 11.9 Å². The van der Waals surface area contributed by atoms with Gasteiger partial charge in [-0.25, -0.2) is 4.79 Å². The molecule has 1 fully saturated rings. The normalized spacial score (nSPS) is 21.4. The number of aliphatic hydroxyl groups is 1. The van der Waals surface area contributed by atoms with Crippen molar-refractivity contribution in [3.8, 4) is 11.5 Å². The third-order valence-corrected chi connectivity index (χ3v) is 5.04. The number of hydrogen-bond donors (Lipinski definition) is 2. The maximum absolute atomic E-state index is 13.0. The molecule has 2 atom stereocenters. The van der Waals surface area contributed by atoms with Crippen molar-refractivity contribution in [2.45, 2.75) is 25.2 Å². The number of hydrogen-bond acceptors (Lipinski definition) is 6. The first-order valence-electron chi connectivity index (χ1n) is 9.31. The average Bonchev–Trinajstić information content (AvgIpc) is 3.27. The zero-order valence-corrected chi connectivity index (χ0v) is 16.0. The number of ether oxygens (including phenoxy) is 3. The molecule has 1 saturated heterocycles. The van der Waals surface area contributed by atoms with E-state index >= 15 is 0 Å². The van der Waals surface area contributed by atoms with Crippen LogP contribution in [0.4, 0.5) is 4.79 Å². The van der Waals surface area contributed by atoms with Gasteiger partial charge in [0.05, 0.1) is 25.9 Å².